The fourth-order valence-corrected chi connectivity index (χ4v) is 5.81. The standard InChI is InChI=1S/C24H29N3O5S/c1-32-21-8-6-7-20(16-21)27-17-18(15-23(27)28)24(29)25-19-9-11-22(12-10-19)33(30,31)26-13-4-2-3-5-14-26/h6-12,16,18H,2-5,13-15,17H2,1H3,(H,25,29)/t18-/m0/s1. The van der Waals surface area contributed by atoms with Gasteiger partial charge in [-0.15, -0.1) is 0 Å². The second-order valence-corrected chi connectivity index (χ2v) is 10.4. The average molecular weight is 472 g/mol. The van der Waals surface area contributed by atoms with Gasteiger partial charge in [-0.2, -0.15) is 4.31 Å². The summed E-state index contributed by atoms with van der Waals surface area (Å²) in [6.45, 7) is 1.36. The Kier molecular flexibility index (Phi) is 6.99. The summed E-state index contributed by atoms with van der Waals surface area (Å²) in [5.41, 5.74) is 1.19. The van der Waals surface area contributed by atoms with Crippen molar-refractivity contribution in [3.63, 3.8) is 0 Å². The maximum Gasteiger partial charge on any atom is 0.243 e. The minimum absolute atomic E-state index is 0.116. The molecule has 0 saturated carbocycles. The smallest absolute Gasteiger partial charge is 0.243 e. The molecule has 2 aliphatic heterocycles. The van der Waals surface area contributed by atoms with Gasteiger partial charge in [-0.1, -0.05) is 18.9 Å². The third-order valence-electron chi connectivity index (χ3n) is 6.19. The predicted octanol–water partition coefficient (Wildman–Crippen LogP) is 3.25. The van der Waals surface area contributed by atoms with Crippen molar-refractivity contribution in [2.75, 3.05) is 37.0 Å². The minimum Gasteiger partial charge on any atom is -0.497 e. The lowest BCUT2D eigenvalue weighted by Crippen LogP contribution is -2.32. The van der Waals surface area contributed by atoms with E-state index >= 15 is 0 Å². The highest BCUT2D eigenvalue weighted by atomic mass is 32.2. The number of carbonyl (C=O) groups is 2. The summed E-state index contributed by atoms with van der Waals surface area (Å²) in [7, 11) is -1.98. The number of hydrogen-bond acceptors (Lipinski definition) is 5. The van der Waals surface area contributed by atoms with Gasteiger partial charge in [0.2, 0.25) is 21.8 Å². The van der Waals surface area contributed by atoms with Gasteiger partial charge in [0.05, 0.1) is 17.9 Å². The summed E-state index contributed by atoms with van der Waals surface area (Å²) in [4.78, 5) is 27.1. The number of rotatable bonds is 6. The van der Waals surface area contributed by atoms with Gasteiger partial charge in [0.1, 0.15) is 5.75 Å². The summed E-state index contributed by atoms with van der Waals surface area (Å²) in [5.74, 6) is -0.244. The van der Waals surface area contributed by atoms with Crippen molar-refractivity contribution in [1.82, 2.24) is 4.31 Å². The molecule has 8 nitrogen and oxygen atoms in total. The van der Waals surface area contributed by atoms with Crippen LogP contribution in [-0.2, 0) is 19.6 Å². The number of sulfonamides is 1. The van der Waals surface area contributed by atoms with Crippen LogP contribution in [0.4, 0.5) is 11.4 Å². The van der Waals surface area contributed by atoms with Crippen molar-refractivity contribution in [1.29, 1.82) is 0 Å². The molecule has 0 aromatic heterocycles. The molecule has 2 aromatic rings. The van der Waals surface area contributed by atoms with Crippen LogP contribution < -0.4 is 15.0 Å². The quantitative estimate of drug-likeness (QED) is 0.698. The van der Waals surface area contributed by atoms with Crippen molar-refractivity contribution in [2.24, 2.45) is 5.92 Å². The van der Waals surface area contributed by atoms with E-state index in [1.54, 1.807) is 46.6 Å². The zero-order chi connectivity index (χ0) is 23.4. The van der Waals surface area contributed by atoms with Crippen molar-refractivity contribution in [3.05, 3.63) is 48.5 Å². The molecular weight excluding hydrogens is 442 g/mol. The Hall–Kier alpha value is -2.91. The Morgan fingerprint density at radius 3 is 2.39 bits per heavy atom. The number of methoxy groups -OCH3 is 1. The van der Waals surface area contributed by atoms with Crippen LogP contribution in [0.3, 0.4) is 0 Å². The first-order chi connectivity index (χ1) is 15.9. The summed E-state index contributed by atoms with van der Waals surface area (Å²) in [6.07, 6.45) is 3.97. The predicted molar refractivity (Wildman–Crippen MR) is 126 cm³/mol. The second kappa shape index (κ2) is 9.93. The molecule has 2 amide bonds. The molecule has 33 heavy (non-hydrogen) atoms. The third-order valence-corrected chi connectivity index (χ3v) is 8.10. The van der Waals surface area contributed by atoms with E-state index in [-0.39, 0.29) is 29.7 Å². The van der Waals surface area contributed by atoms with Crippen molar-refractivity contribution in [2.45, 2.75) is 37.0 Å². The lowest BCUT2D eigenvalue weighted by Gasteiger charge is -2.20. The number of nitrogens with one attached hydrogen (secondary N) is 1. The van der Waals surface area contributed by atoms with Crippen molar-refractivity contribution >= 4 is 33.2 Å². The van der Waals surface area contributed by atoms with Gasteiger partial charge < -0.3 is 15.0 Å². The van der Waals surface area contributed by atoms with Crippen LogP contribution in [0.25, 0.3) is 0 Å². The van der Waals surface area contributed by atoms with Crippen LogP contribution in [0.2, 0.25) is 0 Å². The Morgan fingerprint density at radius 1 is 1.03 bits per heavy atom. The van der Waals surface area contributed by atoms with E-state index < -0.39 is 15.9 Å². The number of ether oxygens (including phenoxy) is 1. The van der Waals surface area contributed by atoms with Crippen LogP contribution >= 0.6 is 0 Å². The van der Waals surface area contributed by atoms with Crippen LogP contribution in [-0.4, -0.2) is 51.3 Å². The summed E-state index contributed by atoms with van der Waals surface area (Å²) >= 11 is 0. The summed E-state index contributed by atoms with van der Waals surface area (Å²) in [5, 5.41) is 2.82. The fraction of sp³-hybridized carbons (Fsp3) is 0.417. The molecule has 0 bridgehead atoms. The maximum absolute atomic E-state index is 12.9. The zero-order valence-corrected chi connectivity index (χ0v) is 19.5. The number of amides is 2. The van der Waals surface area contributed by atoms with E-state index in [0.717, 1.165) is 25.7 Å². The molecule has 2 aromatic carbocycles. The SMILES string of the molecule is COc1cccc(N2C[C@@H](C(=O)Nc3ccc(S(=O)(=O)N4CCCCCC4)cc3)CC2=O)c1. The molecule has 0 unspecified atom stereocenters. The third kappa shape index (κ3) is 5.20. The van der Waals surface area contributed by atoms with Crippen LogP contribution in [0.5, 0.6) is 5.75 Å². The first-order valence-corrected chi connectivity index (χ1v) is 12.7. The lowest BCUT2D eigenvalue weighted by molar-refractivity contribution is -0.122. The van der Waals surface area contributed by atoms with E-state index in [0.29, 0.717) is 30.2 Å². The van der Waals surface area contributed by atoms with E-state index in [9.17, 15) is 18.0 Å². The normalized spacial score (nSPS) is 19.8. The van der Waals surface area contributed by atoms with Gasteiger partial charge in [-0.3, -0.25) is 9.59 Å². The Bertz CT molecular complexity index is 1110. The minimum atomic E-state index is -3.54. The molecule has 176 valence electrons. The highest BCUT2D eigenvalue weighted by Gasteiger charge is 2.35. The summed E-state index contributed by atoms with van der Waals surface area (Å²) < 4.78 is 32.6. The van der Waals surface area contributed by atoms with Crippen LogP contribution in [0.15, 0.2) is 53.4 Å². The first kappa shape index (κ1) is 23.3. The topological polar surface area (TPSA) is 96.0 Å². The van der Waals surface area contributed by atoms with Gasteiger partial charge in [0.15, 0.2) is 0 Å². The molecule has 4 rings (SSSR count). The van der Waals surface area contributed by atoms with E-state index in [1.807, 2.05) is 6.07 Å². The van der Waals surface area contributed by atoms with Gasteiger partial charge >= 0.3 is 0 Å². The number of carbonyl (C=O) groups excluding carboxylic acids is 2. The van der Waals surface area contributed by atoms with Gasteiger partial charge in [-0.05, 0) is 49.2 Å². The van der Waals surface area contributed by atoms with E-state index in [4.69, 9.17) is 4.74 Å². The molecule has 0 spiro atoms. The monoisotopic (exact) mass is 471 g/mol. The summed E-state index contributed by atoms with van der Waals surface area (Å²) in [6, 6.07) is 13.4. The molecule has 0 aliphatic carbocycles. The maximum atomic E-state index is 12.9. The molecule has 9 heteroatoms. The van der Waals surface area contributed by atoms with E-state index in [1.165, 1.54) is 12.1 Å². The van der Waals surface area contributed by atoms with Gasteiger partial charge in [0.25, 0.3) is 0 Å². The Labute approximate surface area is 194 Å². The molecule has 2 fully saturated rings. The molecular formula is C24H29N3O5S. The Balaban J connectivity index is 1.40. The van der Waals surface area contributed by atoms with Crippen LogP contribution in [0, 0.1) is 5.92 Å². The van der Waals surface area contributed by atoms with Gasteiger partial charge in [-0.25, -0.2) is 8.42 Å². The molecule has 2 aliphatic rings. The van der Waals surface area contributed by atoms with Crippen molar-refractivity contribution in [3.8, 4) is 5.75 Å². The number of benzene rings is 2. The fourth-order valence-electron chi connectivity index (χ4n) is 4.30. The van der Waals surface area contributed by atoms with Crippen LogP contribution in [0.1, 0.15) is 32.1 Å². The Morgan fingerprint density at radius 2 is 1.73 bits per heavy atom. The van der Waals surface area contributed by atoms with Gasteiger partial charge in [0, 0.05) is 43.5 Å². The highest BCUT2D eigenvalue weighted by Crippen LogP contribution is 2.29. The zero-order valence-electron chi connectivity index (χ0n) is 18.7. The lowest BCUT2D eigenvalue weighted by atomic mass is 10.1. The number of hydrogen-bond donors (Lipinski definition) is 1. The molecule has 0 radical (unpaired) electrons. The largest absolute Gasteiger partial charge is 0.497 e. The molecule has 2 heterocycles. The first-order valence-electron chi connectivity index (χ1n) is 11.2. The number of anilines is 2. The van der Waals surface area contributed by atoms with Crippen molar-refractivity contribution < 1.29 is 22.7 Å². The molecule has 2 saturated heterocycles. The molecule has 1 atom stereocenters. The number of nitrogens with zero attached hydrogens (tertiary/aromatic N) is 2. The molecule has 1 N–H and O–H groups in total. The second-order valence-electron chi connectivity index (χ2n) is 8.44. The average Bonchev–Trinajstić information content (AvgIpc) is 3.02. The highest BCUT2D eigenvalue weighted by molar-refractivity contribution is 7.89. The van der Waals surface area contributed by atoms with E-state index in [2.05, 4.69) is 5.32 Å².